The third-order valence-electron chi connectivity index (χ3n) is 1.69. The van der Waals surface area contributed by atoms with E-state index in [-0.39, 0.29) is 10.7 Å². The molecule has 0 atom stereocenters. The Morgan fingerprint density at radius 1 is 1.26 bits per heavy atom. The molecule has 0 spiro atoms. The molecule has 4 N–H and O–H groups in total. The number of carbonyl (C=O) groups is 1. The van der Waals surface area contributed by atoms with Gasteiger partial charge < -0.3 is 5.11 Å². The van der Waals surface area contributed by atoms with E-state index in [9.17, 15) is 13.2 Å². The van der Waals surface area contributed by atoms with Crippen LogP contribution in [-0.2, 0) is 10.1 Å². The lowest BCUT2D eigenvalue weighted by Gasteiger charge is -1.92. The summed E-state index contributed by atoms with van der Waals surface area (Å²) < 4.78 is 29.2. The summed E-state index contributed by atoms with van der Waals surface area (Å²) in [6, 6.07) is 7.42. The molecule has 2 rings (SSSR count). The first-order valence-corrected chi connectivity index (χ1v) is 6.22. The number of carboxylic acid groups (broad SMARTS) is 1. The second-order valence-corrected chi connectivity index (χ2v) is 4.50. The SMILES string of the molecule is O=C(O)Nc1c[nH]nn1.O=S(=O)(O)c1ccccc1. The molecule has 10 heteroatoms. The molecule has 0 fully saturated rings. The standard InChI is InChI=1S/C6H6O3S.C3H4N4O2/c7-10(8,9)6-4-2-1-3-5-6;8-3(9)5-2-1-4-7-6-2/h1-5H,(H,7,8,9);1H,(H,8,9)(H2,4,5,6,7). The van der Waals surface area contributed by atoms with Gasteiger partial charge in [-0.1, -0.05) is 23.4 Å². The number of anilines is 1. The molecule has 0 saturated carbocycles. The highest BCUT2D eigenvalue weighted by Crippen LogP contribution is 2.05. The van der Waals surface area contributed by atoms with Gasteiger partial charge in [-0.15, -0.1) is 5.10 Å². The first-order chi connectivity index (χ1) is 8.89. The van der Waals surface area contributed by atoms with Crippen molar-refractivity contribution in [3.05, 3.63) is 36.5 Å². The van der Waals surface area contributed by atoms with Crippen molar-refractivity contribution in [1.82, 2.24) is 15.4 Å². The average molecular weight is 286 g/mol. The zero-order valence-electron chi connectivity index (χ0n) is 9.39. The molecule has 1 amide bonds. The van der Waals surface area contributed by atoms with Crippen molar-refractivity contribution in [2.75, 3.05) is 5.32 Å². The number of hydrogen-bond donors (Lipinski definition) is 4. The monoisotopic (exact) mass is 286 g/mol. The van der Waals surface area contributed by atoms with E-state index in [4.69, 9.17) is 9.66 Å². The fraction of sp³-hybridized carbons (Fsp3) is 0. The van der Waals surface area contributed by atoms with Crippen molar-refractivity contribution in [2.45, 2.75) is 4.90 Å². The maximum Gasteiger partial charge on any atom is 0.410 e. The first-order valence-electron chi connectivity index (χ1n) is 4.78. The number of aromatic amines is 1. The molecule has 1 aromatic carbocycles. The van der Waals surface area contributed by atoms with Crippen LogP contribution in [0.5, 0.6) is 0 Å². The van der Waals surface area contributed by atoms with E-state index in [0.717, 1.165) is 0 Å². The molecule has 0 radical (unpaired) electrons. The third kappa shape index (κ3) is 5.61. The average Bonchev–Trinajstić information content (AvgIpc) is 2.82. The Labute approximate surface area is 108 Å². The lowest BCUT2D eigenvalue weighted by molar-refractivity contribution is 0.209. The van der Waals surface area contributed by atoms with Gasteiger partial charge in [0.1, 0.15) is 0 Å². The minimum atomic E-state index is -4.00. The molecule has 2 aromatic rings. The quantitative estimate of drug-likeness (QED) is 0.598. The maximum atomic E-state index is 10.4. The molecule has 0 aliphatic heterocycles. The summed E-state index contributed by atoms with van der Waals surface area (Å²) in [5.41, 5.74) is 0. The molecule has 19 heavy (non-hydrogen) atoms. The van der Waals surface area contributed by atoms with Crippen LogP contribution in [0.4, 0.5) is 10.6 Å². The number of aromatic nitrogens is 3. The number of nitrogens with one attached hydrogen (secondary N) is 2. The topological polar surface area (TPSA) is 145 Å². The predicted molar refractivity (Wildman–Crippen MR) is 64.3 cm³/mol. The highest BCUT2D eigenvalue weighted by molar-refractivity contribution is 7.85. The van der Waals surface area contributed by atoms with Gasteiger partial charge in [0.25, 0.3) is 10.1 Å². The Kier molecular flexibility index (Phi) is 4.97. The molecule has 0 bridgehead atoms. The Balaban J connectivity index is 0.000000191. The molecule has 9 nitrogen and oxygen atoms in total. The van der Waals surface area contributed by atoms with Crippen LogP contribution < -0.4 is 5.32 Å². The molecule has 0 saturated heterocycles. The van der Waals surface area contributed by atoms with Gasteiger partial charge in [0, 0.05) is 0 Å². The van der Waals surface area contributed by atoms with Gasteiger partial charge in [-0.2, -0.15) is 8.42 Å². The van der Waals surface area contributed by atoms with Crippen LogP contribution in [0.1, 0.15) is 0 Å². The van der Waals surface area contributed by atoms with Crippen LogP contribution in [0, 0.1) is 0 Å². The lowest BCUT2D eigenvalue weighted by Crippen LogP contribution is -2.07. The summed E-state index contributed by atoms with van der Waals surface area (Å²) in [7, 11) is -4.00. The predicted octanol–water partition coefficient (Wildman–Crippen LogP) is 0.828. The minimum Gasteiger partial charge on any atom is -0.465 e. The highest BCUT2D eigenvalue weighted by atomic mass is 32.2. The third-order valence-corrected chi connectivity index (χ3v) is 2.56. The molecule has 0 aliphatic rings. The van der Waals surface area contributed by atoms with Crippen molar-refractivity contribution < 1.29 is 22.9 Å². The summed E-state index contributed by atoms with van der Waals surface area (Å²) in [5.74, 6) is 0.197. The zero-order valence-corrected chi connectivity index (χ0v) is 10.2. The number of H-pyrrole nitrogens is 1. The van der Waals surface area contributed by atoms with Crippen LogP contribution in [0.3, 0.4) is 0 Å². The van der Waals surface area contributed by atoms with Crippen molar-refractivity contribution in [1.29, 1.82) is 0 Å². The van der Waals surface area contributed by atoms with E-state index >= 15 is 0 Å². The lowest BCUT2D eigenvalue weighted by atomic mass is 10.4. The molecule has 1 heterocycles. The number of benzene rings is 1. The largest absolute Gasteiger partial charge is 0.465 e. The Hall–Kier alpha value is -2.46. The summed E-state index contributed by atoms with van der Waals surface area (Å²) in [5, 5.41) is 19.1. The van der Waals surface area contributed by atoms with Gasteiger partial charge in [0.05, 0.1) is 11.1 Å². The van der Waals surface area contributed by atoms with Crippen LogP contribution in [0.25, 0.3) is 0 Å². The summed E-state index contributed by atoms with van der Waals surface area (Å²) in [4.78, 5) is 9.80. The molecular formula is C9H10N4O5S. The van der Waals surface area contributed by atoms with Crippen LogP contribution in [-0.4, -0.2) is 39.6 Å². The zero-order chi connectivity index (χ0) is 14.3. The van der Waals surface area contributed by atoms with Gasteiger partial charge in [-0.05, 0) is 12.1 Å². The van der Waals surface area contributed by atoms with E-state index in [1.165, 1.54) is 18.3 Å². The molecular weight excluding hydrogens is 276 g/mol. The second kappa shape index (κ2) is 6.47. The van der Waals surface area contributed by atoms with Gasteiger partial charge >= 0.3 is 6.09 Å². The normalized spacial score (nSPS) is 10.2. The smallest absolute Gasteiger partial charge is 0.410 e. The van der Waals surface area contributed by atoms with Crippen molar-refractivity contribution in [3.63, 3.8) is 0 Å². The van der Waals surface area contributed by atoms with E-state index in [2.05, 4.69) is 15.4 Å². The van der Waals surface area contributed by atoms with Crippen molar-refractivity contribution in [2.24, 2.45) is 0 Å². The summed E-state index contributed by atoms with van der Waals surface area (Å²) in [6.07, 6.45) is 0.192. The molecule has 0 unspecified atom stereocenters. The molecule has 0 aliphatic carbocycles. The van der Waals surface area contributed by atoms with Crippen LogP contribution >= 0.6 is 0 Å². The fourth-order valence-corrected chi connectivity index (χ4v) is 1.47. The molecule has 1 aromatic heterocycles. The van der Waals surface area contributed by atoms with E-state index in [1.807, 2.05) is 5.32 Å². The van der Waals surface area contributed by atoms with Gasteiger partial charge in [0.15, 0.2) is 5.82 Å². The van der Waals surface area contributed by atoms with E-state index in [1.54, 1.807) is 18.2 Å². The van der Waals surface area contributed by atoms with Gasteiger partial charge in [0.2, 0.25) is 0 Å². The highest BCUT2D eigenvalue weighted by Gasteiger charge is 2.05. The van der Waals surface area contributed by atoms with Crippen LogP contribution in [0.15, 0.2) is 41.4 Å². The Morgan fingerprint density at radius 2 is 1.89 bits per heavy atom. The first kappa shape index (κ1) is 14.6. The van der Waals surface area contributed by atoms with Crippen LogP contribution in [0.2, 0.25) is 0 Å². The fourth-order valence-electron chi connectivity index (χ4n) is 0.965. The van der Waals surface area contributed by atoms with Gasteiger partial charge in [-0.3, -0.25) is 15.0 Å². The number of amides is 1. The van der Waals surface area contributed by atoms with E-state index in [0.29, 0.717) is 0 Å². The summed E-state index contributed by atoms with van der Waals surface area (Å²) in [6.45, 7) is 0. The number of nitrogens with zero attached hydrogens (tertiary/aromatic N) is 2. The minimum absolute atomic E-state index is 0.0741. The Bertz CT molecular complexity index is 611. The number of rotatable bonds is 2. The summed E-state index contributed by atoms with van der Waals surface area (Å²) >= 11 is 0. The molecule has 102 valence electrons. The van der Waals surface area contributed by atoms with Gasteiger partial charge in [-0.25, -0.2) is 4.79 Å². The van der Waals surface area contributed by atoms with Crippen molar-refractivity contribution in [3.8, 4) is 0 Å². The van der Waals surface area contributed by atoms with E-state index < -0.39 is 16.2 Å². The van der Waals surface area contributed by atoms with Crippen molar-refractivity contribution >= 4 is 22.0 Å². The number of hydrogen-bond acceptors (Lipinski definition) is 5. The second-order valence-electron chi connectivity index (χ2n) is 3.08. The maximum absolute atomic E-state index is 10.4. The Morgan fingerprint density at radius 3 is 2.26 bits per heavy atom.